The third kappa shape index (κ3) is 3.63. The van der Waals surface area contributed by atoms with E-state index in [0.717, 1.165) is 17.0 Å². The minimum atomic E-state index is -0.303. The van der Waals surface area contributed by atoms with Crippen LogP contribution in [0, 0.1) is 0 Å². The Hall–Kier alpha value is -2.87. The van der Waals surface area contributed by atoms with Gasteiger partial charge in [-0.15, -0.1) is 0 Å². The number of rotatable bonds is 5. The van der Waals surface area contributed by atoms with Gasteiger partial charge in [0.05, 0.1) is 24.6 Å². The van der Waals surface area contributed by atoms with Crippen LogP contribution >= 0.6 is 11.8 Å². The van der Waals surface area contributed by atoms with E-state index in [0.29, 0.717) is 16.7 Å². The van der Waals surface area contributed by atoms with Gasteiger partial charge in [0.2, 0.25) is 5.95 Å². The second-order valence-corrected chi connectivity index (χ2v) is 5.94. The number of carbonyl (C=O) groups excluding carboxylic acids is 1. The van der Waals surface area contributed by atoms with Crippen LogP contribution in [0.15, 0.2) is 48.0 Å². The summed E-state index contributed by atoms with van der Waals surface area (Å²) in [5.74, 6) is 0.931. The zero-order chi connectivity index (χ0) is 17.8. The number of imidazole rings is 1. The van der Waals surface area contributed by atoms with Crippen molar-refractivity contribution in [3.05, 3.63) is 48.4 Å². The molecular formula is C17H17N5O2S. The van der Waals surface area contributed by atoms with Gasteiger partial charge in [-0.1, -0.05) is 11.8 Å². The van der Waals surface area contributed by atoms with Crippen LogP contribution in [-0.4, -0.2) is 38.8 Å². The summed E-state index contributed by atoms with van der Waals surface area (Å²) < 4.78 is 6.98. The molecule has 0 aliphatic carbocycles. The highest BCUT2D eigenvalue weighted by atomic mass is 32.2. The number of aromatic nitrogens is 4. The van der Waals surface area contributed by atoms with E-state index < -0.39 is 0 Å². The monoisotopic (exact) mass is 355 g/mol. The summed E-state index contributed by atoms with van der Waals surface area (Å²) in [6.07, 6.45) is 6.59. The molecule has 0 saturated carbocycles. The first-order chi connectivity index (χ1) is 12.1. The van der Waals surface area contributed by atoms with Crippen LogP contribution in [0.2, 0.25) is 0 Å². The van der Waals surface area contributed by atoms with Crippen molar-refractivity contribution in [3.63, 3.8) is 0 Å². The van der Waals surface area contributed by atoms with Gasteiger partial charge in [0.1, 0.15) is 5.75 Å². The number of thioether (sulfide) groups is 1. The lowest BCUT2D eigenvalue weighted by molar-refractivity contribution is 0.102. The van der Waals surface area contributed by atoms with E-state index in [9.17, 15) is 4.79 Å². The van der Waals surface area contributed by atoms with Crippen molar-refractivity contribution in [2.24, 2.45) is 7.05 Å². The van der Waals surface area contributed by atoms with Gasteiger partial charge < -0.3 is 9.30 Å². The number of hydrogen-bond acceptors (Lipinski definition) is 6. The zero-order valence-electron chi connectivity index (χ0n) is 14.1. The van der Waals surface area contributed by atoms with Gasteiger partial charge in [-0.25, -0.2) is 15.0 Å². The number of hydrogen-bond donors (Lipinski definition) is 1. The summed E-state index contributed by atoms with van der Waals surface area (Å²) in [7, 11) is 3.47. The van der Waals surface area contributed by atoms with Crippen LogP contribution in [0.5, 0.6) is 5.75 Å². The van der Waals surface area contributed by atoms with Gasteiger partial charge in [0.15, 0.2) is 5.16 Å². The maximum absolute atomic E-state index is 12.3. The standard InChI is InChI=1S/C17H17N5O2S/c1-22-14(11-4-6-13(24-2)7-5-11)10-18-16(22)21-15(23)12-8-19-17(25-3)20-9-12/h4-10H,1-3H3,(H,18,21,23). The second kappa shape index (κ2) is 7.35. The van der Waals surface area contributed by atoms with Crippen molar-refractivity contribution < 1.29 is 9.53 Å². The first kappa shape index (κ1) is 17.0. The Labute approximate surface area is 149 Å². The lowest BCUT2D eigenvalue weighted by atomic mass is 10.1. The lowest BCUT2D eigenvalue weighted by Gasteiger charge is -2.08. The van der Waals surface area contributed by atoms with Crippen LogP contribution in [0.4, 0.5) is 5.95 Å². The smallest absolute Gasteiger partial charge is 0.261 e. The summed E-state index contributed by atoms with van der Waals surface area (Å²) in [4.78, 5) is 24.8. The first-order valence-corrected chi connectivity index (χ1v) is 8.68. The molecule has 0 aliphatic heterocycles. The third-order valence-electron chi connectivity index (χ3n) is 3.67. The highest BCUT2D eigenvalue weighted by molar-refractivity contribution is 7.98. The Morgan fingerprint density at radius 1 is 1.12 bits per heavy atom. The van der Waals surface area contributed by atoms with E-state index >= 15 is 0 Å². The molecule has 0 fully saturated rings. The van der Waals surface area contributed by atoms with Crippen molar-refractivity contribution >= 4 is 23.6 Å². The molecule has 2 aromatic heterocycles. The Morgan fingerprint density at radius 2 is 1.80 bits per heavy atom. The Bertz CT molecular complexity index is 875. The minimum absolute atomic E-state index is 0.303. The van der Waals surface area contributed by atoms with Crippen LogP contribution in [-0.2, 0) is 7.05 Å². The molecule has 128 valence electrons. The van der Waals surface area contributed by atoms with Crippen LogP contribution in [0.1, 0.15) is 10.4 Å². The number of amides is 1. The molecule has 0 bridgehead atoms. The van der Waals surface area contributed by atoms with E-state index in [1.807, 2.05) is 42.1 Å². The molecule has 1 N–H and O–H groups in total. The zero-order valence-corrected chi connectivity index (χ0v) is 14.9. The molecule has 0 radical (unpaired) electrons. The minimum Gasteiger partial charge on any atom is -0.497 e. The number of benzene rings is 1. The largest absolute Gasteiger partial charge is 0.497 e. The van der Waals surface area contributed by atoms with E-state index in [4.69, 9.17) is 4.74 Å². The number of methoxy groups -OCH3 is 1. The maximum atomic E-state index is 12.3. The number of carbonyl (C=O) groups is 1. The third-order valence-corrected chi connectivity index (χ3v) is 4.25. The fourth-order valence-electron chi connectivity index (χ4n) is 2.27. The van der Waals surface area contributed by atoms with E-state index in [-0.39, 0.29) is 5.91 Å². The Balaban J connectivity index is 1.79. The van der Waals surface area contributed by atoms with Gasteiger partial charge >= 0.3 is 0 Å². The molecule has 0 spiro atoms. The molecule has 3 aromatic rings. The second-order valence-electron chi connectivity index (χ2n) is 5.17. The summed E-state index contributed by atoms with van der Waals surface area (Å²) in [5.41, 5.74) is 2.24. The number of nitrogens with zero attached hydrogens (tertiary/aromatic N) is 4. The normalized spacial score (nSPS) is 10.5. The molecule has 1 amide bonds. The van der Waals surface area contributed by atoms with Gasteiger partial charge in [-0.2, -0.15) is 0 Å². The first-order valence-electron chi connectivity index (χ1n) is 7.46. The predicted octanol–water partition coefficient (Wildman–Crippen LogP) is 2.86. The van der Waals surface area contributed by atoms with Gasteiger partial charge in [0.25, 0.3) is 5.91 Å². The molecule has 0 unspecified atom stereocenters. The van der Waals surface area contributed by atoms with Crippen molar-refractivity contribution in [2.75, 3.05) is 18.7 Å². The summed E-state index contributed by atoms with van der Waals surface area (Å²) in [6.45, 7) is 0. The van der Waals surface area contributed by atoms with Crippen LogP contribution in [0.3, 0.4) is 0 Å². The SMILES string of the molecule is COc1ccc(-c2cnc(NC(=O)c3cnc(SC)nc3)n2C)cc1. The predicted molar refractivity (Wildman–Crippen MR) is 97.0 cm³/mol. The van der Waals surface area contributed by atoms with Gasteiger partial charge in [-0.3, -0.25) is 10.1 Å². The average molecular weight is 355 g/mol. The molecule has 25 heavy (non-hydrogen) atoms. The van der Waals surface area contributed by atoms with E-state index in [1.54, 1.807) is 13.3 Å². The summed E-state index contributed by atoms with van der Waals surface area (Å²) in [6, 6.07) is 7.64. The summed E-state index contributed by atoms with van der Waals surface area (Å²) in [5, 5.41) is 3.40. The van der Waals surface area contributed by atoms with Crippen molar-refractivity contribution in [1.29, 1.82) is 0 Å². The highest BCUT2D eigenvalue weighted by Gasteiger charge is 2.13. The maximum Gasteiger partial charge on any atom is 0.261 e. The molecular weight excluding hydrogens is 338 g/mol. The number of nitrogens with one attached hydrogen (secondary N) is 1. The van der Waals surface area contributed by atoms with Crippen LogP contribution < -0.4 is 10.1 Å². The topological polar surface area (TPSA) is 81.9 Å². The van der Waals surface area contributed by atoms with Crippen molar-refractivity contribution in [2.45, 2.75) is 5.16 Å². The Morgan fingerprint density at radius 3 is 2.40 bits per heavy atom. The van der Waals surface area contributed by atoms with Crippen molar-refractivity contribution in [3.8, 4) is 17.0 Å². The fourth-order valence-corrected chi connectivity index (χ4v) is 2.58. The molecule has 2 heterocycles. The fraction of sp³-hybridized carbons (Fsp3) is 0.176. The summed E-state index contributed by atoms with van der Waals surface area (Å²) >= 11 is 1.42. The average Bonchev–Trinajstić information content (AvgIpc) is 3.02. The Kier molecular flexibility index (Phi) is 4.99. The van der Waals surface area contributed by atoms with Crippen molar-refractivity contribution in [1.82, 2.24) is 19.5 Å². The molecule has 0 aliphatic rings. The molecule has 7 nitrogen and oxygen atoms in total. The number of ether oxygens (including phenoxy) is 1. The van der Waals surface area contributed by atoms with Gasteiger partial charge in [0, 0.05) is 25.0 Å². The number of anilines is 1. The lowest BCUT2D eigenvalue weighted by Crippen LogP contribution is -2.16. The van der Waals surface area contributed by atoms with E-state index in [1.165, 1.54) is 24.2 Å². The molecule has 1 aromatic carbocycles. The highest BCUT2D eigenvalue weighted by Crippen LogP contribution is 2.24. The van der Waals surface area contributed by atoms with Crippen LogP contribution in [0.25, 0.3) is 11.3 Å². The molecule has 3 rings (SSSR count). The quantitative estimate of drug-likeness (QED) is 0.560. The van der Waals surface area contributed by atoms with Gasteiger partial charge in [-0.05, 0) is 30.5 Å². The van der Waals surface area contributed by atoms with E-state index in [2.05, 4.69) is 20.3 Å². The molecule has 8 heteroatoms. The molecule has 0 atom stereocenters. The molecule has 0 saturated heterocycles.